The fourth-order valence-electron chi connectivity index (χ4n) is 13.8. The predicted octanol–water partition coefficient (Wildman–Crippen LogP) is 10.5. The molecule has 10 heterocycles. The first-order valence-electron chi connectivity index (χ1n) is 29.9. The molecule has 3 amide bonds. The van der Waals surface area contributed by atoms with Crippen molar-refractivity contribution in [2.24, 2.45) is 5.92 Å². The normalized spacial score (nSPS) is 23.0. The van der Waals surface area contributed by atoms with Crippen LogP contribution in [0.4, 0.5) is 19.4 Å². The fraction of sp³-hybridized carbons (Fsp3) is 0.477. The molecular weight excluding hydrogens is 1120 g/mol. The topological polar surface area (TPSA) is 202 Å². The molecule has 6 aliphatic rings. The summed E-state index contributed by atoms with van der Waals surface area (Å²) in [6.45, 7) is 15.3. The minimum atomic E-state index is -0.891. The smallest absolute Gasteiger partial charge is 0.410 e. The van der Waals surface area contributed by atoms with E-state index in [1.807, 2.05) is 83.1 Å². The van der Waals surface area contributed by atoms with E-state index in [2.05, 4.69) is 31.2 Å². The lowest BCUT2D eigenvalue weighted by Crippen LogP contribution is -2.59. The molecule has 6 saturated heterocycles. The van der Waals surface area contributed by atoms with Crippen LogP contribution in [0, 0.1) is 36.8 Å². The number of hydrogen-bond donors (Lipinski definition) is 2. The number of aliphatic hydroxyl groups is 1. The maximum atomic E-state index is 17.6. The molecule has 18 nitrogen and oxygen atoms in total. The van der Waals surface area contributed by atoms with Gasteiger partial charge in [0.2, 0.25) is 11.8 Å². The van der Waals surface area contributed by atoms with Crippen LogP contribution in [0.25, 0.3) is 43.4 Å². The largest absolute Gasteiger partial charge is 0.474 e. The molecule has 6 fully saturated rings. The molecule has 13 rings (SSSR count). The Bertz CT molecular complexity index is 3770. The summed E-state index contributed by atoms with van der Waals surface area (Å²) in [5.41, 5.74) is 3.89. The number of carbonyl (C=O) groups excluding carboxylic acids is 3. The molecule has 0 radical (unpaired) electrons. The minimum absolute atomic E-state index is 0.000472. The van der Waals surface area contributed by atoms with Gasteiger partial charge in [-0.1, -0.05) is 68.3 Å². The number of nitrogens with zero attached hydrogens (tertiary/aromatic N) is 9. The SMILES string of the molecule is C#Cc1c(F)ccc2cccc(-c3ncc4c(N5CC6CCCC5CN6C(=O)OC(C)(C)C)nc(OC[C@@]56CCCN5[C@H](COc5cc(C(C(=O)N7C[C@H](O)C[C@H]7C(=O)N[C@@H](C)c7ccc(-c8scnc8C)cc7)C(C)C)on5)CC6)nc4c3F)c12. The average Bonchev–Trinajstić information content (AvgIpc) is 1.38. The Morgan fingerprint density at radius 1 is 0.953 bits per heavy atom. The highest BCUT2D eigenvalue weighted by atomic mass is 32.1. The van der Waals surface area contributed by atoms with Crippen molar-refractivity contribution in [2.75, 3.05) is 44.3 Å². The highest BCUT2D eigenvalue weighted by Gasteiger charge is 2.51. The van der Waals surface area contributed by atoms with Gasteiger partial charge in [-0.15, -0.1) is 17.8 Å². The van der Waals surface area contributed by atoms with Crippen LogP contribution in [0.15, 0.2) is 76.9 Å². The number of terminal acetylenes is 1. The second-order valence-electron chi connectivity index (χ2n) is 25.1. The summed E-state index contributed by atoms with van der Waals surface area (Å²) in [5.74, 6) is 0.322. The first kappa shape index (κ1) is 58.6. The van der Waals surface area contributed by atoms with E-state index in [0.29, 0.717) is 46.4 Å². The van der Waals surface area contributed by atoms with Crippen LogP contribution in [-0.4, -0.2) is 144 Å². The van der Waals surface area contributed by atoms with Gasteiger partial charge in [0.05, 0.1) is 50.8 Å². The van der Waals surface area contributed by atoms with Crippen LogP contribution in [0.1, 0.15) is 127 Å². The Morgan fingerprint density at radius 3 is 2.51 bits per heavy atom. The number of amides is 3. The molecule has 0 saturated carbocycles. The molecule has 8 atom stereocenters. The number of halogens is 2. The molecule has 2 bridgehead atoms. The first-order valence-corrected chi connectivity index (χ1v) is 30.7. The van der Waals surface area contributed by atoms with E-state index in [1.165, 1.54) is 11.0 Å². The number of hydrogen-bond acceptors (Lipinski definition) is 16. The highest BCUT2D eigenvalue weighted by molar-refractivity contribution is 7.13. The van der Waals surface area contributed by atoms with Gasteiger partial charge in [-0.2, -0.15) is 9.97 Å². The van der Waals surface area contributed by atoms with Crippen LogP contribution < -0.4 is 19.7 Å². The summed E-state index contributed by atoms with van der Waals surface area (Å²) in [4.78, 5) is 69.9. The summed E-state index contributed by atoms with van der Waals surface area (Å²) in [5, 5.41) is 19.6. The molecule has 4 aromatic heterocycles. The number of aliphatic hydroxyl groups excluding tert-OH is 1. The molecule has 6 aliphatic heterocycles. The number of anilines is 1. The zero-order valence-corrected chi connectivity index (χ0v) is 50.3. The average molecular weight is 1190 g/mol. The molecule has 86 heavy (non-hydrogen) atoms. The number of fused-ring (bicyclic) bond motifs is 7. The standard InChI is InChI=1S/C65H72F2N10O8S/c1-9-46-49(66)22-21-40-13-10-16-47(54(40)46)56-55(67)57-48(29-68-56)59(74-30-43-15-11-14-42(74)31-75(43)63(81)84-64(6,7)8)72-62(71-57)83-34-65-24-12-26-77(65)44(23-25-65)33-82-52-28-51(85-73-52)53(36(2)3)61(80)76-32-45(78)27-50(76)60(79)70-37(4)39-17-19-41(20-18-39)58-38(5)69-35-86-58/h1,10,13,16-22,28-29,35-37,42-45,50,53,78H,11-12,14-15,23-27,30-34H2,2-8H3,(H,70,79)/t37-,42?,43?,44-,45+,50-,53?,65-/m0/s1. The number of carbonyl (C=O) groups is 3. The maximum Gasteiger partial charge on any atom is 0.410 e. The third-order valence-corrected chi connectivity index (χ3v) is 19.0. The lowest BCUT2D eigenvalue weighted by atomic mass is 9.91. The maximum absolute atomic E-state index is 17.6. The monoisotopic (exact) mass is 1190 g/mol. The Hall–Kier alpha value is -7.80. The van der Waals surface area contributed by atoms with Crippen LogP contribution in [0.2, 0.25) is 0 Å². The Morgan fingerprint density at radius 2 is 1.76 bits per heavy atom. The Balaban J connectivity index is 0.755. The van der Waals surface area contributed by atoms with Crippen LogP contribution in [0.3, 0.4) is 0 Å². The van der Waals surface area contributed by atoms with E-state index in [4.69, 9.17) is 40.1 Å². The van der Waals surface area contributed by atoms with Gasteiger partial charge in [0.25, 0.3) is 5.88 Å². The van der Waals surface area contributed by atoms with Crippen molar-refractivity contribution in [3.05, 3.63) is 107 Å². The molecule has 3 unspecified atom stereocenters. The van der Waals surface area contributed by atoms with Crippen molar-refractivity contribution < 1.29 is 47.0 Å². The molecule has 3 aromatic carbocycles. The third kappa shape index (κ3) is 11.2. The van der Waals surface area contributed by atoms with Gasteiger partial charge < -0.3 is 43.9 Å². The van der Waals surface area contributed by atoms with Crippen molar-refractivity contribution in [2.45, 2.75) is 153 Å². The van der Waals surface area contributed by atoms with Crippen LogP contribution >= 0.6 is 11.3 Å². The molecule has 450 valence electrons. The Kier molecular flexibility index (Phi) is 16.0. The summed E-state index contributed by atoms with van der Waals surface area (Å²) < 4.78 is 57.7. The first-order chi connectivity index (χ1) is 41.3. The second kappa shape index (κ2) is 23.5. The van der Waals surface area contributed by atoms with E-state index in [0.717, 1.165) is 73.2 Å². The molecule has 2 N–H and O–H groups in total. The number of piperazine rings is 1. The zero-order chi connectivity index (χ0) is 60.3. The van der Waals surface area contributed by atoms with Crippen molar-refractivity contribution in [3.8, 4) is 45.9 Å². The molecule has 0 aliphatic carbocycles. The van der Waals surface area contributed by atoms with Crippen LogP contribution in [-0.2, 0) is 14.3 Å². The number of benzene rings is 3. The van der Waals surface area contributed by atoms with E-state index >= 15 is 8.78 Å². The predicted molar refractivity (Wildman–Crippen MR) is 322 cm³/mol. The van der Waals surface area contributed by atoms with Gasteiger partial charge >= 0.3 is 12.1 Å². The van der Waals surface area contributed by atoms with Gasteiger partial charge in [0.1, 0.15) is 53.6 Å². The summed E-state index contributed by atoms with van der Waals surface area (Å²) >= 11 is 1.57. The van der Waals surface area contributed by atoms with E-state index in [9.17, 15) is 19.5 Å². The number of rotatable bonds is 15. The molecular formula is C65H72F2N10O8S. The number of likely N-dealkylation sites (tertiary alicyclic amines) is 1. The van der Waals surface area contributed by atoms with Gasteiger partial charge in [-0.25, -0.2) is 18.6 Å². The van der Waals surface area contributed by atoms with Gasteiger partial charge in [0, 0.05) is 61.4 Å². The second-order valence-corrected chi connectivity index (χ2v) is 26.0. The number of ether oxygens (including phenoxy) is 3. The number of nitrogens with one attached hydrogen (secondary N) is 1. The van der Waals surface area contributed by atoms with Crippen LogP contribution in [0.5, 0.6) is 11.9 Å². The summed E-state index contributed by atoms with van der Waals surface area (Å²) in [7, 11) is 0. The minimum Gasteiger partial charge on any atom is -0.474 e. The van der Waals surface area contributed by atoms with Crippen molar-refractivity contribution >= 4 is 56.7 Å². The molecule has 21 heteroatoms. The Labute approximate surface area is 502 Å². The van der Waals surface area contributed by atoms with Gasteiger partial charge in [-0.05, 0) is 120 Å². The van der Waals surface area contributed by atoms with E-state index < -0.39 is 40.8 Å². The highest BCUT2D eigenvalue weighted by Crippen LogP contribution is 2.45. The fourth-order valence-corrected chi connectivity index (χ4v) is 14.6. The summed E-state index contributed by atoms with van der Waals surface area (Å²) in [6.07, 6.45) is 11.9. The molecule has 0 spiro atoms. The number of pyridine rings is 1. The number of β-amino-alcohol motifs (C(OH)–C–C–N with tert-alkyl or cyclic N) is 1. The number of aromatic nitrogens is 5. The van der Waals surface area contributed by atoms with Crippen molar-refractivity contribution in [1.29, 1.82) is 0 Å². The zero-order valence-electron chi connectivity index (χ0n) is 49.5. The number of aryl methyl sites for hydroxylation is 1. The van der Waals surface area contributed by atoms with Crippen molar-refractivity contribution in [3.63, 3.8) is 0 Å². The van der Waals surface area contributed by atoms with E-state index in [1.54, 1.807) is 47.9 Å². The van der Waals surface area contributed by atoms with Gasteiger partial charge in [-0.3, -0.25) is 19.5 Å². The molecule has 7 aromatic rings. The van der Waals surface area contributed by atoms with Crippen molar-refractivity contribution in [1.82, 2.24) is 45.1 Å². The lowest BCUT2D eigenvalue weighted by Gasteiger charge is -2.44. The third-order valence-electron chi connectivity index (χ3n) is 18.0. The van der Waals surface area contributed by atoms with E-state index in [-0.39, 0.29) is 103 Å². The summed E-state index contributed by atoms with van der Waals surface area (Å²) in [6, 6.07) is 16.1. The quantitative estimate of drug-likeness (QED) is 0.0918. The van der Waals surface area contributed by atoms with Gasteiger partial charge in [0.15, 0.2) is 11.6 Å². The number of thiazole rings is 1. The lowest BCUT2D eigenvalue weighted by molar-refractivity contribution is -0.141.